The van der Waals surface area contributed by atoms with Gasteiger partial charge >= 0.3 is 0 Å². The molecular formula is C18H18N2O3. The van der Waals surface area contributed by atoms with Gasteiger partial charge in [0.15, 0.2) is 0 Å². The highest BCUT2D eigenvalue weighted by molar-refractivity contribution is 6.06. The second-order valence-corrected chi connectivity index (χ2v) is 5.35. The second-order valence-electron chi connectivity index (χ2n) is 5.35. The molecule has 0 aromatic heterocycles. The number of nitrogens with one attached hydrogen (secondary N) is 1. The van der Waals surface area contributed by atoms with Crippen LogP contribution in [0, 0.1) is 0 Å². The number of nitrogens with zero attached hydrogens (tertiary/aromatic N) is 1. The van der Waals surface area contributed by atoms with Gasteiger partial charge < -0.3 is 15.0 Å². The Morgan fingerprint density at radius 1 is 1.17 bits per heavy atom. The molecule has 23 heavy (non-hydrogen) atoms. The van der Waals surface area contributed by atoms with E-state index >= 15 is 0 Å². The van der Waals surface area contributed by atoms with E-state index in [2.05, 4.69) is 5.32 Å². The number of anilines is 2. The Balaban J connectivity index is 1.80. The van der Waals surface area contributed by atoms with Gasteiger partial charge in [-0.1, -0.05) is 18.2 Å². The Hall–Kier alpha value is -2.82. The zero-order chi connectivity index (χ0) is 16.2. The predicted molar refractivity (Wildman–Crippen MR) is 89.0 cm³/mol. The maximum absolute atomic E-state index is 12.4. The van der Waals surface area contributed by atoms with Crippen LogP contribution >= 0.6 is 0 Å². The van der Waals surface area contributed by atoms with Crippen molar-refractivity contribution in [3.63, 3.8) is 0 Å². The summed E-state index contributed by atoms with van der Waals surface area (Å²) in [6.45, 7) is 0.725. The molecule has 118 valence electrons. The molecule has 5 heteroatoms. The minimum absolute atomic E-state index is 0.123. The Morgan fingerprint density at radius 2 is 2.00 bits per heavy atom. The van der Waals surface area contributed by atoms with Gasteiger partial charge in [0, 0.05) is 24.3 Å². The van der Waals surface area contributed by atoms with Gasteiger partial charge in [-0.25, -0.2) is 0 Å². The molecule has 0 radical (unpaired) electrons. The highest BCUT2D eigenvalue weighted by Crippen LogP contribution is 2.25. The van der Waals surface area contributed by atoms with Crippen molar-refractivity contribution in [2.75, 3.05) is 23.9 Å². The van der Waals surface area contributed by atoms with Crippen LogP contribution in [0.1, 0.15) is 23.2 Å². The summed E-state index contributed by atoms with van der Waals surface area (Å²) in [5, 5.41) is 2.85. The highest BCUT2D eigenvalue weighted by atomic mass is 16.5. The van der Waals surface area contributed by atoms with Crippen molar-refractivity contribution in [1.82, 2.24) is 0 Å². The number of rotatable bonds is 4. The molecule has 1 N–H and O–H groups in total. The molecule has 2 aromatic rings. The number of amides is 2. The molecule has 0 spiro atoms. The molecule has 1 aliphatic rings. The van der Waals surface area contributed by atoms with Crippen LogP contribution in [0.25, 0.3) is 0 Å². The molecule has 5 nitrogen and oxygen atoms in total. The van der Waals surface area contributed by atoms with Crippen LogP contribution in [0.3, 0.4) is 0 Å². The number of ether oxygens (including phenoxy) is 1. The van der Waals surface area contributed by atoms with Crippen molar-refractivity contribution in [2.45, 2.75) is 12.8 Å². The topological polar surface area (TPSA) is 58.6 Å². The third-order valence-corrected chi connectivity index (χ3v) is 3.84. The average Bonchev–Trinajstić information content (AvgIpc) is 3.01. The molecular weight excluding hydrogens is 292 g/mol. The third-order valence-electron chi connectivity index (χ3n) is 3.84. The lowest BCUT2D eigenvalue weighted by atomic mass is 10.1. The monoisotopic (exact) mass is 310 g/mol. The van der Waals surface area contributed by atoms with Gasteiger partial charge in [-0.05, 0) is 36.8 Å². The van der Waals surface area contributed by atoms with E-state index in [0.717, 1.165) is 18.7 Å². The van der Waals surface area contributed by atoms with Gasteiger partial charge in [0.1, 0.15) is 5.75 Å². The van der Waals surface area contributed by atoms with Crippen molar-refractivity contribution in [3.05, 3.63) is 54.1 Å². The minimum atomic E-state index is -0.243. The number of carbonyl (C=O) groups excluding carboxylic acids is 2. The van der Waals surface area contributed by atoms with Crippen LogP contribution in [0.2, 0.25) is 0 Å². The molecule has 3 rings (SSSR count). The first-order valence-electron chi connectivity index (χ1n) is 7.54. The van der Waals surface area contributed by atoms with Gasteiger partial charge in [0.2, 0.25) is 5.91 Å². The summed E-state index contributed by atoms with van der Waals surface area (Å²) in [4.78, 5) is 26.0. The largest absolute Gasteiger partial charge is 0.496 e. The van der Waals surface area contributed by atoms with Crippen molar-refractivity contribution in [1.29, 1.82) is 0 Å². The van der Waals surface area contributed by atoms with E-state index in [0.29, 0.717) is 23.4 Å². The first kappa shape index (κ1) is 15.1. The highest BCUT2D eigenvalue weighted by Gasteiger charge is 2.22. The molecule has 1 fully saturated rings. The first-order chi connectivity index (χ1) is 11.2. The number of carbonyl (C=O) groups is 2. The molecule has 0 aliphatic carbocycles. The van der Waals surface area contributed by atoms with E-state index in [1.807, 2.05) is 24.3 Å². The lowest BCUT2D eigenvalue weighted by molar-refractivity contribution is -0.117. The van der Waals surface area contributed by atoms with Gasteiger partial charge in [-0.3, -0.25) is 9.59 Å². The third kappa shape index (κ3) is 3.18. The first-order valence-corrected chi connectivity index (χ1v) is 7.54. The Morgan fingerprint density at radius 3 is 2.74 bits per heavy atom. The van der Waals surface area contributed by atoms with Crippen molar-refractivity contribution >= 4 is 23.2 Å². The number of methoxy groups -OCH3 is 1. The summed E-state index contributed by atoms with van der Waals surface area (Å²) < 4.78 is 5.21. The van der Waals surface area contributed by atoms with Crippen LogP contribution in [-0.4, -0.2) is 25.5 Å². The van der Waals surface area contributed by atoms with Crippen LogP contribution in [0.5, 0.6) is 5.75 Å². The molecule has 1 heterocycles. The number of hydrogen-bond donors (Lipinski definition) is 1. The quantitative estimate of drug-likeness (QED) is 0.944. The van der Waals surface area contributed by atoms with E-state index in [-0.39, 0.29) is 11.8 Å². The number of para-hydroxylation sites is 1. The van der Waals surface area contributed by atoms with Gasteiger partial charge in [0.25, 0.3) is 5.91 Å². The van der Waals surface area contributed by atoms with Crippen LogP contribution in [0.15, 0.2) is 48.5 Å². The zero-order valence-electron chi connectivity index (χ0n) is 12.9. The molecule has 0 atom stereocenters. The molecule has 0 unspecified atom stereocenters. The summed E-state index contributed by atoms with van der Waals surface area (Å²) in [5.74, 6) is 0.404. The van der Waals surface area contributed by atoms with Crippen molar-refractivity contribution in [2.24, 2.45) is 0 Å². The molecule has 1 saturated heterocycles. The Kier molecular flexibility index (Phi) is 4.28. The summed E-state index contributed by atoms with van der Waals surface area (Å²) in [6.07, 6.45) is 1.45. The summed E-state index contributed by atoms with van der Waals surface area (Å²) in [5.41, 5.74) is 1.93. The fourth-order valence-corrected chi connectivity index (χ4v) is 2.70. The van der Waals surface area contributed by atoms with Crippen LogP contribution in [0.4, 0.5) is 11.4 Å². The van der Waals surface area contributed by atoms with Crippen molar-refractivity contribution < 1.29 is 14.3 Å². The van der Waals surface area contributed by atoms with E-state index in [1.165, 1.54) is 7.11 Å². The Bertz CT molecular complexity index is 743. The van der Waals surface area contributed by atoms with Crippen LogP contribution in [-0.2, 0) is 4.79 Å². The normalized spacial score (nSPS) is 14.0. The van der Waals surface area contributed by atoms with Crippen LogP contribution < -0.4 is 15.0 Å². The molecule has 0 saturated carbocycles. The maximum atomic E-state index is 12.4. The SMILES string of the molecule is COc1ccccc1C(=O)Nc1cccc(N2CCCC2=O)c1. The lowest BCUT2D eigenvalue weighted by Gasteiger charge is -2.17. The standard InChI is InChI=1S/C18H18N2O3/c1-23-16-9-3-2-8-15(16)18(22)19-13-6-4-7-14(12-13)20-11-5-10-17(20)21/h2-4,6-9,12H,5,10-11H2,1H3,(H,19,22). The van der Waals surface area contributed by atoms with E-state index in [9.17, 15) is 9.59 Å². The van der Waals surface area contributed by atoms with E-state index in [4.69, 9.17) is 4.74 Å². The zero-order valence-corrected chi connectivity index (χ0v) is 12.9. The average molecular weight is 310 g/mol. The summed E-state index contributed by atoms with van der Waals surface area (Å²) in [7, 11) is 1.53. The fraction of sp³-hybridized carbons (Fsp3) is 0.222. The van der Waals surface area contributed by atoms with Gasteiger partial charge in [0.05, 0.1) is 12.7 Å². The minimum Gasteiger partial charge on any atom is -0.496 e. The molecule has 0 bridgehead atoms. The second kappa shape index (κ2) is 6.52. The van der Waals surface area contributed by atoms with E-state index < -0.39 is 0 Å². The predicted octanol–water partition coefficient (Wildman–Crippen LogP) is 3.07. The summed E-state index contributed by atoms with van der Waals surface area (Å²) >= 11 is 0. The van der Waals surface area contributed by atoms with Gasteiger partial charge in [-0.15, -0.1) is 0 Å². The Labute approximate surface area is 134 Å². The molecule has 2 aromatic carbocycles. The van der Waals surface area contributed by atoms with Crippen molar-refractivity contribution in [3.8, 4) is 5.75 Å². The smallest absolute Gasteiger partial charge is 0.259 e. The summed E-state index contributed by atoms with van der Waals surface area (Å²) in [6, 6.07) is 14.4. The maximum Gasteiger partial charge on any atom is 0.259 e. The van der Waals surface area contributed by atoms with E-state index in [1.54, 1.807) is 29.2 Å². The van der Waals surface area contributed by atoms with Gasteiger partial charge in [-0.2, -0.15) is 0 Å². The molecule has 2 amide bonds. The fourth-order valence-electron chi connectivity index (χ4n) is 2.70. The number of benzene rings is 2. The lowest BCUT2D eigenvalue weighted by Crippen LogP contribution is -2.23. The molecule has 1 aliphatic heterocycles. The number of hydrogen-bond acceptors (Lipinski definition) is 3.